The van der Waals surface area contributed by atoms with Crippen LogP contribution in [0.25, 0.3) is 0 Å². The lowest BCUT2D eigenvalue weighted by molar-refractivity contribution is -0.159. The molecule has 0 saturated carbocycles. The molecule has 2 aromatic carbocycles. The third-order valence-electron chi connectivity index (χ3n) is 5.10. The minimum Gasteiger partial charge on any atom is -0.497 e. The first-order valence-electron chi connectivity index (χ1n) is 10.1. The van der Waals surface area contributed by atoms with Gasteiger partial charge in [0.25, 0.3) is 0 Å². The highest BCUT2D eigenvalue weighted by Crippen LogP contribution is 2.26. The van der Waals surface area contributed by atoms with Crippen LogP contribution < -0.4 is 14.2 Å². The number of aliphatic carboxylic acids is 2. The van der Waals surface area contributed by atoms with Gasteiger partial charge in [0.05, 0.1) is 21.3 Å². The van der Waals surface area contributed by atoms with Crippen LogP contribution in [-0.4, -0.2) is 79.5 Å². The molecule has 2 aromatic rings. The van der Waals surface area contributed by atoms with Gasteiger partial charge in [0, 0.05) is 50.9 Å². The van der Waals surface area contributed by atoms with E-state index in [2.05, 4.69) is 28.0 Å². The van der Waals surface area contributed by atoms with Crippen LogP contribution in [0.2, 0.25) is 0 Å². The van der Waals surface area contributed by atoms with Gasteiger partial charge in [0.1, 0.15) is 17.2 Å². The third kappa shape index (κ3) is 7.75. The molecule has 2 N–H and O–H groups in total. The number of ether oxygens (including phenoxy) is 3. The second kappa shape index (κ2) is 12.5. The zero-order valence-corrected chi connectivity index (χ0v) is 18.6. The molecule has 0 aliphatic carbocycles. The van der Waals surface area contributed by atoms with E-state index in [0.717, 1.165) is 56.5 Å². The van der Waals surface area contributed by atoms with E-state index >= 15 is 0 Å². The molecular formula is C23H30N2O7. The Hall–Kier alpha value is -3.30. The number of carboxylic acids is 2. The van der Waals surface area contributed by atoms with Gasteiger partial charge in [0.2, 0.25) is 0 Å². The summed E-state index contributed by atoms with van der Waals surface area (Å²) in [4.78, 5) is 23.2. The molecule has 0 unspecified atom stereocenters. The van der Waals surface area contributed by atoms with Crippen molar-refractivity contribution in [3.63, 3.8) is 0 Å². The molecule has 0 spiro atoms. The SMILES string of the molecule is COc1ccc(CN2CCN(Cc3ccc(OC)cc3OC)CC2)cc1.O=C(O)C(=O)O. The van der Waals surface area contributed by atoms with Crippen LogP contribution in [0.3, 0.4) is 0 Å². The standard InChI is InChI=1S/C21H28N2O3.C2H2O4/c1-24-19-7-4-17(5-8-19)15-22-10-12-23(13-11-22)16-18-6-9-20(25-2)14-21(18)26-3;3-1(4)2(5)6/h4-9,14H,10-13,15-16H2,1-3H3;(H,3,4)(H,5,6). The van der Waals surface area contributed by atoms with E-state index in [0.29, 0.717) is 0 Å². The number of piperazine rings is 1. The number of nitrogens with zero attached hydrogens (tertiary/aromatic N) is 2. The number of hydrogen-bond donors (Lipinski definition) is 2. The predicted octanol–water partition coefficient (Wildman–Crippen LogP) is 2.19. The summed E-state index contributed by atoms with van der Waals surface area (Å²) in [7, 11) is 5.09. The van der Waals surface area contributed by atoms with E-state index in [4.69, 9.17) is 34.0 Å². The van der Waals surface area contributed by atoms with Crippen LogP contribution in [0.15, 0.2) is 42.5 Å². The normalized spacial score (nSPS) is 14.1. The first kappa shape index (κ1) is 25.0. The Balaban J connectivity index is 0.000000534. The third-order valence-corrected chi connectivity index (χ3v) is 5.10. The summed E-state index contributed by atoms with van der Waals surface area (Å²) >= 11 is 0. The second-order valence-electron chi connectivity index (χ2n) is 7.19. The average molecular weight is 447 g/mol. The van der Waals surface area contributed by atoms with Crippen molar-refractivity contribution in [1.29, 1.82) is 0 Å². The minimum atomic E-state index is -1.82. The Labute approximate surface area is 187 Å². The lowest BCUT2D eigenvalue weighted by atomic mass is 10.1. The molecule has 1 saturated heterocycles. The molecule has 1 aliphatic heterocycles. The van der Waals surface area contributed by atoms with Gasteiger partial charge in [0.15, 0.2) is 0 Å². The van der Waals surface area contributed by atoms with E-state index in [1.54, 1.807) is 21.3 Å². The van der Waals surface area contributed by atoms with E-state index in [-0.39, 0.29) is 0 Å². The Kier molecular flexibility index (Phi) is 9.77. The summed E-state index contributed by atoms with van der Waals surface area (Å²) in [6.45, 7) is 6.17. The molecule has 0 aromatic heterocycles. The highest BCUT2D eigenvalue weighted by Gasteiger charge is 2.18. The fourth-order valence-electron chi connectivity index (χ4n) is 3.32. The van der Waals surface area contributed by atoms with Crippen LogP contribution in [0.5, 0.6) is 17.2 Å². The summed E-state index contributed by atoms with van der Waals surface area (Å²) < 4.78 is 16.0. The van der Waals surface area contributed by atoms with Crippen LogP contribution in [0.1, 0.15) is 11.1 Å². The Morgan fingerprint density at radius 2 is 1.25 bits per heavy atom. The summed E-state index contributed by atoms with van der Waals surface area (Å²) in [6, 6.07) is 14.4. The van der Waals surface area contributed by atoms with Crippen LogP contribution in [-0.2, 0) is 22.7 Å². The molecular weight excluding hydrogens is 416 g/mol. The van der Waals surface area contributed by atoms with Gasteiger partial charge in [-0.25, -0.2) is 9.59 Å². The molecule has 32 heavy (non-hydrogen) atoms. The lowest BCUT2D eigenvalue weighted by Gasteiger charge is -2.35. The van der Waals surface area contributed by atoms with E-state index in [1.807, 2.05) is 24.3 Å². The molecule has 1 aliphatic rings. The molecule has 0 bridgehead atoms. The van der Waals surface area contributed by atoms with Crippen molar-refractivity contribution in [3.05, 3.63) is 53.6 Å². The minimum absolute atomic E-state index is 0.829. The molecule has 9 heteroatoms. The number of carboxylic acid groups (broad SMARTS) is 2. The Morgan fingerprint density at radius 3 is 1.72 bits per heavy atom. The fourth-order valence-corrected chi connectivity index (χ4v) is 3.32. The van der Waals surface area contributed by atoms with Gasteiger partial charge < -0.3 is 24.4 Å². The van der Waals surface area contributed by atoms with Gasteiger partial charge in [-0.1, -0.05) is 18.2 Å². The van der Waals surface area contributed by atoms with Crippen molar-refractivity contribution in [2.24, 2.45) is 0 Å². The van der Waals surface area contributed by atoms with Crippen LogP contribution >= 0.6 is 0 Å². The predicted molar refractivity (Wildman–Crippen MR) is 118 cm³/mol. The van der Waals surface area contributed by atoms with Crippen molar-refractivity contribution in [2.45, 2.75) is 13.1 Å². The summed E-state index contributed by atoms with van der Waals surface area (Å²) in [6.07, 6.45) is 0. The van der Waals surface area contributed by atoms with Gasteiger partial charge in [-0.3, -0.25) is 9.80 Å². The topological polar surface area (TPSA) is 109 Å². The van der Waals surface area contributed by atoms with Crippen molar-refractivity contribution in [1.82, 2.24) is 9.80 Å². The van der Waals surface area contributed by atoms with Crippen molar-refractivity contribution < 1.29 is 34.0 Å². The molecule has 174 valence electrons. The largest absolute Gasteiger partial charge is 0.497 e. The number of benzene rings is 2. The highest BCUT2D eigenvalue weighted by atomic mass is 16.5. The number of rotatable bonds is 7. The average Bonchev–Trinajstić information content (AvgIpc) is 2.81. The number of carbonyl (C=O) groups is 2. The fraction of sp³-hybridized carbons (Fsp3) is 0.391. The first-order valence-corrected chi connectivity index (χ1v) is 10.1. The Morgan fingerprint density at radius 1 is 0.750 bits per heavy atom. The number of hydrogen-bond acceptors (Lipinski definition) is 7. The monoisotopic (exact) mass is 446 g/mol. The van der Waals surface area contributed by atoms with Crippen molar-refractivity contribution in [3.8, 4) is 17.2 Å². The van der Waals surface area contributed by atoms with E-state index in [9.17, 15) is 0 Å². The zero-order chi connectivity index (χ0) is 23.5. The lowest BCUT2D eigenvalue weighted by Crippen LogP contribution is -2.45. The van der Waals surface area contributed by atoms with E-state index < -0.39 is 11.9 Å². The maximum atomic E-state index is 9.10. The van der Waals surface area contributed by atoms with E-state index in [1.165, 1.54) is 11.1 Å². The highest BCUT2D eigenvalue weighted by molar-refractivity contribution is 6.27. The molecule has 1 fully saturated rings. The van der Waals surface area contributed by atoms with Gasteiger partial charge in [-0.2, -0.15) is 0 Å². The quantitative estimate of drug-likeness (QED) is 0.619. The molecule has 1 heterocycles. The van der Waals surface area contributed by atoms with Gasteiger partial charge in [-0.15, -0.1) is 0 Å². The smallest absolute Gasteiger partial charge is 0.414 e. The van der Waals surface area contributed by atoms with Gasteiger partial charge in [-0.05, 0) is 23.8 Å². The summed E-state index contributed by atoms with van der Waals surface area (Å²) in [5.74, 6) is -1.02. The molecule has 0 atom stereocenters. The maximum absolute atomic E-state index is 9.10. The molecule has 9 nitrogen and oxygen atoms in total. The molecule has 0 radical (unpaired) electrons. The van der Waals surface area contributed by atoms with Crippen molar-refractivity contribution >= 4 is 11.9 Å². The number of methoxy groups -OCH3 is 3. The molecule has 3 rings (SSSR count). The zero-order valence-electron chi connectivity index (χ0n) is 18.6. The Bertz CT molecular complexity index is 866. The summed E-state index contributed by atoms with van der Waals surface area (Å²) in [5.41, 5.74) is 2.54. The molecule has 0 amide bonds. The second-order valence-corrected chi connectivity index (χ2v) is 7.19. The van der Waals surface area contributed by atoms with Crippen molar-refractivity contribution in [2.75, 3.05) is 47.5 Å². The van der Waals surface area contributed by atoms with Crippen LogP contribution in [0.4, 0.5) is 0 Å². The summed E-state index contributed by atoms with van der Waals surface area (Å²) in [5, 5.41) is 14.8. The van der Waals surface area contributed by atoms with Gasteiger partial charge >= 0.3 is 11.9 Å². The maximum Gasteiger partial charge on any atom is 0.414 e. The van der Waals surface area contributed by atoms with Crippen LogP contribution in [0, 0.1) is 0 Å². The first-order chi connectivity index (χ1) is 15.4.